The lowest BCUT2D eigenvalue weighted by molar-refractivity contribution is 0.229. The van der Waals surface area contributed by atoms with E-state index < -0.39 is 9.84 Å². The smallest absolute Gasteiger partial charge is 0.178 e. The zero-order chi connectivity index (χ0) is 16.9. The summed E-state index contributed by atoms with van der Waals surface area (Å²) >= 11 is 1.76. The van der Waals surface area contributed by atoms with Gasteiger partial charge in [0.1, 0.15) is 0 Å². The molecule has 1 aliphatic heterocycles. The first kappa shape index (κ1) is 18.8. The van der Waals surface area contributed by atoms with Gasteiger partial charge in [0.25, 0.3) is 0 Å². The van der Waals surface area contributed by atoms with Gasteiger partial charge < -0.3 is 4.90 Å². The zero-order valence-corrected chi connectivity index (χ0v) is 16.2. The second-order valence-electron chi connectivity index (χ2n) is 7.26. The van der Waals surface area contributed by atoms with Crippen LogP contribution in [-0.2, 0) is 9.84 Å². The van der Waals surface area contributed by atoms with E-state index in [2.05, 4.69) is 25.7 Å². The van der Waals surface area contributed by atoms with Crippen LogP contribution in [0.5, 0.6) is 0 Å². The highest BCUT2D eigenvalue weighted by Gasteiger charge is 2.17. The normalized spacial score (nSPS) is 17.3. The van der Waals surface area contributed by atoms with Crippen molar-refractivity contribution in [3.63, 3.8) is 0 Å². The number of likely N-dealkylation sites (tertiary alicyclic amines) is 1. The minimum Gasteiger partial charge on any atom is -0.303 e. The maximum absolute atomic E-state index is 12.4. The molecule has 5 heteroatoms. The number of nitrogens with zero attached hydrogens (tertiary/aromatic N) is 1. The molecule has 0 spiro atoms. The lowest BCUT2D eigenvalue weighted by Crippen LogP contribution is -2.31. The van der Waals surface area contributed by atoms with Crippen molar-refractivity contribution >= 4 is 21.6 Å². The molecule has 1 saturated heterocycles. The molecule has 1 heterocycles. The average molecular weight is 356 g/mol. The van der Waals surface area contributed by atoms with E-state index in [0.717, 1.165) is 31.0 Å². The zero-order valence-electron chi connectivity index (χ0n) is 14.5. The molecule has 1 aromatic carbocycles. The quantitative estimate of drug-likeness (QED) is 0.716. The fraction of sp³-hybridized carbons (Fsp3) is 0.667. The van der Waals surface area contributed by atoms with Gasteiger partial charge in [-0.3, -0.25) is 0 Å². The predicted octanol–water partition coefficient (Wildman–Crippen LogP) is 4.23. The van der Waals surface area contributed by atoms with Crippen LogP contribution < -0.4 is 0 Å². The van der Waals surface area contributed by atoms with Crippen LogP contribution in [0.3, 0.4) is 0 Å². The molecule has 0 unspecified atom stereocenters. The second kappa shape index (κ2) is 8.04. The van der Waals surface area contributed by atoms with Crippen LogP contribution in [0, 0.1) is 0 Å². The Labute approximate surface area is 145 Å². The maximum Gasteiger partial charge on any atom is 0.178 e. The first-order valence-electron chi connectivity index (χ1n) is 8.50. The van der Waals surface area contributed by atoms with E-state index in [1.165, 1.54) is 19.3 Å². The van der Waals surface area contributed by atoms with E-state index in [9.17, 15) is 8.42 Å². The number of hydrogen-bond acceptors (Lipinski definition) is 4. The summed E-state index contributed by atoms with van der Waals surface area (Å²) in [6.45, 7) is 9.61. The van der Waals surface area contributed by atoms with Gasteiger partial charge in [-0.15, -0.1) is 11.8 Å². The molecule has 0 radical (unpaired) electrons. The van der Waals surface area contributed by atoms with Crippen molar-refractivity contribution < 1.29 is 8.42 Å². The van der Waals surface area contributed by atoms with Crippen molar-refractivity contribution in [3.8, 4) is 0 Å². The van der Waals surface area contributed by atoms with Crippen molar-refractivity contribution in [2.24, 2.45) is 0 Å². The monoisotopic (exact) mass is 355 g/mol. The van der Waals surface area contributed by atoms with Crippen molar-refractivity contribution in [3.05, 3.63) is 24.3 Å². The van der Waals surface area contributed by atoms with Crippen LogP contribution in [0.15, 0.2) is 34.1 Å². The first-order valence-corrected chi connectivity index (χ1v) is 11.0. The van der Waals surface area contributed by atoms with E-state index >= 15 is 0 Å². The topological polar surface area (TPSA) is 37.4 Å². The summed E-state index contributed by atoms with van der Waals surface area (Å²) in [6, 6.07) is 7.36. The van der Waals surface area contributed by atoms with E-state index in [0.29, 0.717) is 4.90 Å². The molecule has 1 aromatic rings. The van der Waals surface area contributed by atoms with Gasteiger partial charge in [-0.1, -0.05) is 27.2 Å². The Morgan fingerprint density at radius 3 is 2.22 bits per heavy atom. The second-order valence-corrected chi connectivity index (χ2v) is 11.3. The molecule has 0 aromatic heterocycles. The third kappa shape index (κ3) is 6.48. The molecule has 1 fully saturated rings. The molecule has 0 amide bonds. The molecular formula is C18H29NO2S2. The number of piperidine rings is 1. The Balaban J connectivity index is 1.88. The van der Waals surface area contributed by atoms with Gasteiger partial charge in [-0.05, 0) is 63.2 Å². The lowest BCUT2D eigenvalue weighted by Gasteiger charge is -2.26. The third-order valence-corrected chi connectivity index (χ3v) is 6.88. The molecule has 0 atom stereocenters. The molecule has 0 N–H and O–H groups in total. The Morgan fingerprint density at radius 1 is 1.04 bits per heavy atom. The highest BCUT2D eigenvalue weighted by atomic mass is 32.2. The Bertz CT molecular complexity index is 582. The molecule has 0 bridgehead atoms. The summed E-state index contributed by atoms with van der Waals surface area (Å²) in [6.07, 6.45) is 4.54. The summed E-state index contributed by atoms with van der Waals surface area (Å²) in [5.41, 5.74) is 0. The molecule has 0 saturated carbocycles. The molecule has 2 rings (SSSR count). The van der Waals surface area contributed by atoms with E-state index in [1.54, 1.807) is 23.9 Å². The fourth-order valence-corrected chi connectivity index (χ4v) is 5.12. The van der Waals surface area contributed by atoms with Crippen LogP contribution in [0.25, 0.3) is 0 Å². The molecule has 1 aliphatic rings. The summed E-state index contributed by atoms with van der Waals surface area (Å²) in [4.78, 5) is 3.96. The maximum atomic E-state index is 12.4. The van der Waals surface area contributed by atoms with Crippen LogP contribution in [0.4, 0.5) is 0 Å². The summed E-state index contributed by atoms with van der Waals surface area (Å²) < 4.78 is 25.0. The summed E-state index contributed by atoms with van der Waals surface area (Å²) in [5.74, 6) is 0.245. The van der Waals surface area contributed by atoms with Gasteiger partial charge in [0.2, 0.25) is 0 Å². The molecule has 0 aliphatic carbocycles. The van der Waals surface area contributed by atoms with Crippen LogP contribution in [0.1, 0.15) is 46.5 Å². The lowest BCUT2D eigenvalue weighted by atomic mass is 10.1. The molecule has 3 nitrogen and oxygen atoms in total. The highest BCUT2D eigenvalue weighted by molar-refractivity contribution is 8.00. The molecule has 23 heavy (non-hydrogen) atoms. The number of hydrogen-bond donors (Lipinski definition) is 0. The Kier molecular flexibility index (Phi) is 6.57. The number of benzene rings is 1. The van der Waals surface area contributed by atoms with Gasteiger partial charge in [0.15, 0.2) is 9.84 Å². The summed E-state index contributed by atoms with van der Waals surface area (Å²) in [5, 5.41) is 0. The minimum absolute atomic E-state index is 0.134. The number of thioether (sulfide) groups is 1. The van der Waals surface area contributed by atoms with Gasteiger partial charge in [0.05, 0.1) is 10.6 Å². The van der Waals surface area contributed by atoms with Gasteiger partial charge in [0, 0.05) is 9.64 Å². The first-order chi connectivity index (χ1) is 10.8. The van der Waals surface area contributed by atoms with Crippen molar-refractivity contribution in [2.75, 3.05) is 25.4 Å². The van der Waals surface area contributed by atoms with E-state index in [1.807, 2.05) is 12.1 Å². The third-order valence-electron chi connectivity index (χ3n) is 3.94. The largest absolute Gasteiger partial charge is 0.303 e. The van der Waals surface area contributed by atoms with Crippen LogP contribution in [0.2, 0.25) is 0 Å². The predicted molar refractivity (Wildman–Crippen MR) is 99.0 cm³/mol. The van der Waals surface area contributed by atoms with Crippen molar-refractivity contribution in [2.45, 2.75) is 61.0 Å². The molecular weight excluding hydrogens is 326 g/mol. The highest BCUT2D eigenvalue weighted by Crippen LogP contribution is 2.32. The molecule has 130 valence electrons. The van der Waals surface area contributed by atoms with Crippen LogP contribution in [-0.4, -0.2) is 43.5 Å². The SMILES string of the molecule is CC(C)(C)Sc1ccc(S(=O)(=O)CCCN2CCCCC2)cc1. The van der Waals surface area contributed by atoms with Gasteiger partial charge in [-0.2, -0.15) is 0 Å². The Morgan fingerprint density at radius 2 is 1.65 bits per heavy atom. The number of rotatable bonds is 6. The van der Waals surface area contributed by atoms with E-state index in [-0.39, 0.29) is 10.5 Å². The van der Waals surface area contributed by atoms with Gasteiger partial charge in [-0.25, -0.2) is 8.42 Å². The fourth-order valence-electron chi connectivity index (χ4n) is 2.85. The van der Waals surface area contributed by atoms with E-state index in [4.69, 9.17) is 0 Å². The van der Waals surface area contributed by atoms with Crippen molar-refractivity contribution in [1.82, 2.24) is 4.90 Å². The Hall–Kier alpha value is -0.520. The van der Waals surface area contributed by atoms with Crippen LogP contribution >= 0.6 is 11.8 Å². The van der Waals surface area contributed by atoms with Gasteiger partial charge >= 0.3 is 0 Å². The minimum atomic E-state index is -3.16. The van der Waals surface area contributed by atoms with Crippen molar-refractivity contribution in [1.29, 1.82) is 0 Å². The summed E-state index contributed by atoms with van der Waals surface area (Å²) in [7, 11) is -3.16. The number of sulfone groups is 1. The standard InChI is InChI=1S/C18H29NO2S2/c1-18(2,3)22-16-8-10-17(11-9-16)23(20,21)15-7-14-19-12-5-4-6-13-19/h8-11H,4-7,12-15H2,1-3H3. The average Bonchev–Trinajstić information content (AvgIpc) is 2.47.